The van der Waals surface area contributed by atoms with E-state index >= 15 is 0 Å². The summed E-state index contributed by atoms with van der Waals surface area (Å²) < 4.78 is 33.4. The molecule has 7 nitrogen and oxygen atoms in total. The third kappa shape index (κ3) is 6.43. The molecule has 35 heavy (non-hydrogen) atoms. The minimum atomic E-state index is -0.976. The fourth-order valence-electron chi connectivity index (χ4n) is 4.65. The molecule has 186 valence electrons. The molecule has 1 heterocycles. The largest absolute Gasteiger partial charge is 0.485 e. The lowest BCUT2D eigenvalue weighted by Crippen LogP contribution is -2.51. The monoisotopic (exact) mass is 484 g/mol. The van der Waals surface area contributed by atoms with Gasteiger partial charge in [-0.3, -0.25) is 14.8 Å². The van der Waals surface area contributed by atoms with E-state index in [0.29, 0.717) is 25.8 Å². The lowest BCUT2D eigenvalue weighted by molar-refractivity contribution is -0.122. The van der Waals surface area contributed by atoms with E-state index in [4.69, 9.17) is 4.74 Å². The fourth-order valence-corrected chi connectivity index (χ4v) is 4.65. The molecule has 3 aromatic rings. The zero-order valence-electron chi connectivity index (χ0n) is 19.5. The summed E-state index contributed by atoms with van der Waals surface area (Å²) in [5, 5.41) is 20.9. The Hall–Kier alpha value is -3.30. The van der Waals surface area contributed by atoms with E-state index in [-0.39, 0.29) is 17.5 Å². The second-order valence-electron chi connectivity index (χ2n) is 8.98. The Labute approximate surface area is 203 Å². The molecule has 1 saturated carbocycles. The molecule has 0 bridgehead atoms. The summed E-state index contributed by atoms with van der Waals surface area (Å²) in [6.07, 6.45) is 3.88. The number of halogens is 2. The van der Waals surface area contributed by atoms with Crippen molar-refractivity contribution in [1.29, 1.82) is 0 Å². The Morgan fingerprint density at radius 3 is 2.69 bits per heavy atom. The molecule has 4 rings (SSSR count). The number of aromatic amines is 1. The third-order valence-corrected chi connectivity index (χ3v) is 6.37. The SMILES string of the molecule is CN(Cc1ccc(F)cc1)[C@@H]1[C@@H](O)[C@H](Oc2ccccc2F)C[C@H]1NC(=O)CCCc1cn[nH]c1. The highest BCUT2D eigenvalue weighted by Crippen LogP contribution is 2.30. The van der Waals surface area contributed by atoms with Crippen molar-refractivity contribution in [2.45, 2.75) is 56.5 Å². The number of aromatic nitrogens is 2. The smallest absolute Gasteiger partial charge is 0.220 e. The molecular weight excluding hydrogens is 454 g/mol. The first kappa shape index (κ1) is 24.8. The van der Waals surface area contributed by atoms with Crippen LogP contribution in [0.15, 0.2) is 60.9 Å². The molecule has 0 unspecified atom stereocenters. The van der Waals surface area contributed by atoms with Crippen LogP contribution in [0.25, 0.3) is 0 Å². The van der Waals surface area contributed by atoms with Crippen LogP contribution >= 0.6 is 0 Å². The van der Waals surface area contributed by atoms with Gasteiger partial charge < -0.3 is 15.2 Å². The molecule has 0 aliphatic heterocycles. The highest BCUT2D eigenvalue weighted by atomic mass is 19.1. The number of likely N-dealkylation sites (N-methyl/N-ethyl adjacent to an activating group) is 1. The first-order valence-corrected chi connectivity index (χ1v) is 11.7. The number of carbonyl (C=O) groups is 1. The first-order valence-electron chi connectivity index (χ1n) is 11.7. The van der Waals surface area contributed by atoms with Crippen molar-refractivity contribution >= 4 is 5.91 Å². The normalized spacial score (nSPS) is 21.9. The number of hydrogen-bond acceptors (Lipinski definition) is 5. The number of aliphatic hydroxyl groups excluding tert-OH is 1. The number of H-pyrrole nitrogens is 1. The van der Waals surface area contributed by atoms with Crippen molar-refractivity contribution in [3.05, 3.63) is 83.7 Å². The Bertz CT molecular complexity index is 1090. The number of para-hydroxylation sites is 1. The second-order valence-corrected chi connectivity index (χ2v) is 8.98. The van der Waals surface area contributed by atoms with Gasteiger partial charge in [0.05, 0.1) is 18.3 Å². The minimum absolute atomic E-state index is 0.0589. The van der Waals surface area contributed by atoms with E-state index in [1.807, 2.05) is 11.9 Å². The van der Waals surface area contributed by atoms with E-state index in [2.05, 4.69) is 15.5 Å². The fraction of sp³-hybridized carbons (Fsp3) is 0.385. The van der Waals surface area contributed by atoms with Gasteiger partial charge >= 0.3 is 0 Å². The highest BCUT2D eigenvalue weighted by Gasteiger charge is 2.46. The Morgan fingerprint density at radius 1 is 1.20 bits per heavy atom. The maximum atomic E-state index is 14.2. The number of carbonyl (C=O) groups excluding carboxylic acids is 1. The molecule has 1 aliphatic carbocycles. The summed E-state index contributed by atoms with van der Waals surface area (Å²) >= 11 is 0. The van der Waals surface area contributed by atoms with Gasteiger partial charge in [-0.2, -0.15) is 5.10 Å². The molecule has 3 N–H and O–H groups in total. The highest BCUT2D eigenvalue weighted by molar-refractivity contribution is 5.76. The average molecular weight is 485 g/mol. The van der Waals surface area contributed by atoms with Crippen LogP contribution in [0.4, 0.5) is 8.78 Å². The zero-order chi connectivity index (χ0) is 24.8. The number of nitrogens with zero attached hydrogens (tertiary/aromatic N) is 2. The number of aryl methyl sites for hydroxylation is 1. The van der Waals surface area contributed by atoms with Gasteiger partial charge in [-0.1, -0.05) is 24.3 Å². The summed E-state index contributed by atoms with van der Waals surface area (Å²) in [5.41, 5.74) is 1.90. The standard InChI is InChI=1S/C26H30F2N4O3/c1-32(16-17-9-11-19(27)12-10-17)25-21(31-24(33)8-4-5-18-14-29-30-15-18)13-23(26(25)34)35-22-7-3-2-6-20(22)28/h2-3,6-7,9-12,14-15,21,23,25-26,34H,4-5,8,13,16H2,1H3,(H,29,30)(H,31,33)/t21-,23-,25+,26+/m1/s1. The lowest BCUT2D eigenvalue weighted by atomic mass is 10.1. The summed E-state index contributed by atoms with van der Waals surface area (Å²) in [4.78, 5) is 14.7. The molecule has 1 aliphatic rings. The van der Waals surface area contributed by atoms with Crippen LogP contribution in [0, 0.1) is 11.6 Å². The second kappa shape index (κ2) is 11.4. The minimum Gasteiger partial charge on any atom is -0.485 e. The molecule has 4 atom stereocenters. The van der Waals surface area contributed by atoms with Crippen molar-refractivity contribution in [3.8, 4) is 5.75 Å². The van der Waals surface area contributed by atoms with Crippen molar-refractivity contribution in [2.75, 3.05) is 7.05 Å². The van der Waals surface area contributed by atoms with Gasteiger partial charge in [-0.15, -0.1) is 0 Å². The van der Waals surface area contributed by atoms with E-state index in [1.165, 1.54) is 24.3 Å². The van der Waals surface area contributed by atoms with E-state index < -0.39 is 30.1 Å². The summed E-state index contributed by atoms with van der Waals surface area (Å²) in [6, 6.07) is 11.3. The van der Waals surface area contributed by atoms with Crippen LogP contribution in [-0.2, 0) is 17.8 Å². The quantitative estimate of drug-likeness (QED) is 0.411. The lowest BCUT2D eigenvalue weighted by Gasteiger charge is -2.32. The predicted octanol–water partition coefficient (Wildman–Crippen LogP) is 3.21. The first-order chi connectivity index (χ1) is 16.9. The van der Waals surface area contributed by atoms with Crippen LogP contribution in [-0.4, -0.2) is 57.5 Å². The number of rotatable bonds is 10. The van der Waals surface area contributed by atoms with E-state index in [1.54, 1.807) is 36.7 Å². The van der Waals surface area contributed by atoms with Gasteiger partial charge in [0.1, 0.15) is 18.0 Å². The van der Waals surface area contributed by atoms with Crippen LogP contribution in [0.5, 0.6) is 5.75 Å². The number of aliphatic hydroxyl groups is 1. The van der Waals surface area contributed by atoms with E-state index in [9.17, 15) is 18.7 Å². The van der Waals surface area contributed by atoms with Crippen molar-refractivity contribution < 1.29 is 23.4 Å². The molecule has 1 fully saturated rings. The molecule has 0 saturated heterocycles. The zero-order valence-corrected chi connectivity index (χ0v) is 19.5. The van der Waals surface area contributed by atoms with Gasteiger partial charge in [0, 0.05) is 25.6 Å². The number of ether oxygens (including phenoxy) is 1. The van der Waals surface area contributed by atoms with Crippen LogP contribution in [0.1, 0.15) is 30.4 Å². The van der Waals surface area contributed by atoms with Crippen molar-refractivity contribution in [1.82, 2.24) is 20.4 Å². The summed E-state index contributed by atoms with van der Waals surface area (Å²) in [7, 11) is 1.83. The molecule has 1 aromatic heterocycles. The van der Waals surface area contributed by atoms with Gasteiger partial charge in [0.2, 0.25) is 5.91 Å². The van der Waals surface area contributed by atoms with Crippen LogP contribution < -0.4 is 10.1 Å². The maximum absolute atomic E-state index is 14.2. The molecule has 9 heteroatoms. The number of amides is 1. The Morgan fingerprint density at radius 2 is 1.97 bits per heavy atom. The van der Waals surface area contributed by atoms with Crippen LogP contribution in [0.2, 0.25) is 0 Å². The molecule has 2 aromatic carbocycles. The van der Waals surface area contributed by atoms with E-state index in [0.717, 1.165) is 17.5 Å². The number of benzene rings is 2. The van der Waals surface area contributed by atoms with Crippen molar-refractivity contribution in [2.24, 2.45) is 0 Å². The molecule has 1 amide bonds. The van der Waals surface area contributed by atoms with Gasteiger partial charge in [-0.05, 0) is 55.3 Å². The van der Waals surface area contributed by atoms with Gasteiger partial charge in [0.25, 0.3) is 0 Å². The Balaban J connectivity index is 1.44. The third-order valence-electron chi connectivity index (χ3n) is 6.37. The van der Waals surface area contributed by atoms with Crippen LogP contribution in [0.3, 0.4) is 0 Å². The summed E-state index contributed by atoms with van der Waals surface area (Å²) in [6.45, 7) is 0.432. The maximum Gasteiger partial charge on any atom is 0.220 e. The summed E-state index contributed by atoms with van der Waals surface area (Å²) in [5.74, 6) is -0.903. The number of nitrogens with one attached hydrogen (secondary N) is 2. The van der Waals surface area contributed by atoms with Gasteiger partial charge in [0.15, 0.2) is 11.6 Å². The molecule has 0 spiro atoms. The predicted molar refractivity (Wildman–Crippen MR) is 127 cm³/mol. The van der Waals surface area contributed by atoms with Crippen molar-refractivity contribution in [3.63, 3.8) is 0 Å². The topological polar surface area (TPSA) is 90.5 Å². The average Bonchev–Trinajstić information content (AvgIpc) is 3.45. The molecular formula is C26H30F2N4O3. The number of hydrogen-bond donors (Lipinski definition) is 3. The molecule has 0 radical (unpaired) electrons. The van der Waals surface area contributed by atoms with Gasteiger partial charge in [-0.25, -0.2) is 8.78 Å². The Kier molecular flexibility index (Phi) is 8.09.